The van der Waals surface area contributed by atoms with Crippen molar-refractivity contribution in [3.05, 3.63) is 34.3 Å². The first-order chi connectivity index (χ1) is 10.6. The molecule has 1 atom stereocenters. The van der Waals surface area contributed by atoms with Crippen molar-refractivity contribution >= 4 is 27.9 Å². The fourth-order valence-corrected chi connectivity index (χ4v) is 2.76. The van der Waals surface area contributed by atoms with E-state index >= 15 is 0 Å². The van der Waals surface area contributed by atoms with Crippen molar-refractivity contribution in [2.24, 2.45) is 5.92 Å². The molecule has 1 aromatic rings. The zero-order valence-corrected chi connectivity index (χ0v) is 15.3. The molecule has 0 aliphatic heterocycles. The van der Waals surface area contributed by atoms with Gasteiger partial charge in [0.1, 0.15) is 5.75 Å². The van der Waals surface area contributed by atoms with Gasteiger partial charge in [-0.1, -0.05) is 39.2 Å². The fourth-order valence-electron chi connectivity index (χ4n) is 2.21. The van der Waals surface area contributed by atoms with Gasteiger partial charge in [0, 0.05) is 12.6 Å². The van der Waals surface area contributed by atoms with Crippen LogP contribution in [0, 0.1) is 5.92 Å². The normalized spacial score (nSPS) is 12.4. The van der Waals surface area contributed by atoms with E-state index in [1.807, 2.05) is 24.3 Å². The second kappa shape index (κ2) is 10.4. The van der Waals surface area contributed by atoms with E-state index in [0.717, 1.165) is 28.8 Å². The number of halogens is 1. The number of amides is 1. The maximum absolute atomic E-state index is 11.9. The second-order valence-electron chi connectivity index (χ2n) is 5.39. The molecule has 0 spiro atoms. The lowest BCUT2D eigenvalue weighted by Crippen LogP contribution is -2.27. The van der Waals surface area contributed by atoms with Gasteiger partial charge in [0.25, 0.3) is 0 Å². The largest absolute Gasteiger partial charge is 0.496 e. The summed E-state index contributed by atoms with van der Waals surface area (Å²) < 4.78 is 6.06. The minimum atomic E-state index is -0.0399. The highest BCUT2D eigenvalue weighted by molar-refractivity contribution is 9.10. The molecule has 0 fully saturated rings. The van der Waals surface area contributed by atoms with Crippen LogP contribution >= 0.6 is 15.9 Å². The molecule has 0 saturated heterocycles. The third-order valence-corrected chi connectivity index (χ3v) is 4.33. The average molecular weight is 368 g/mol. The number of benzene rings is 1. The zero-order chi connectivity index (χ0) is 16.4. The summed E-state index contributed by atoms with van der Waals surface area (Å²) in [6.45, 7) is 5.13. The first kappa shape index (κ1) is 18.8. The van der Waals surface area contributed by atoms with Crippen LogP contribution in [0.2, 0.25) is 0 Å². The number of unbranched alkanes of at least 4 members (excludes halogenated alkanes) is 1. The standard InChI is InChI=1S/C18H26BrNO2/c1-4-6-7-14(5-2)13-20-18(21)11-9-15-8-10-17(22-3)16(19)12-15/h8-12,14H,4-7,13H2,1-3H3,(H,20,21)/b11-9+. The van der Waals surface area contributed by atoms with Crippen molar-refractivity contribution in [1.82, 2.24) is 5.32 Å². The predicted molar refractivity (Wildman–Crippen MR) is 96.0 cm³/mol. The average Bonchev–Trinajstić information content (AvgIpc) is 2.53. The topological polar surface area (TPSA) is 38.3 Å². The molecule has 4 heteroatoms. The van der Waals surface area contributed by atoms with Crippen LogP contribution in [0.4, 0.5) is 0 Å². The Balaban J connectivity index is 2.48. The molecular formula is C18H26BrNO2. The quantitative estimate of drug-likeness (QED) is 0.636. The molecule has 0 saturated carbocycles. The van der Waals surface area contributed by atoms with Crippen molar-refractivity contribution in [1.29, 1.82) is 0 Å². The molecule has 3 nitrogen and oxygen atoms in total. The van der Waals surface area contributed by atoms with E-state index in [2.05, 4.69) is 35.1 Å². The highest BCUT2D eigenvalue weighted by atomic mass is 79.9. The van der Waals surface area contributed by atoms with Gasteiger partial charge in [0.2, 0.25) is 5.91 Å². The molecule has 1 amide bonds. The number of carbonyl (C=O) groups excluding carboxylic acids is 1. The van der Waals surface area contributed by atoms with E-state index < -0.39 is 0 Å². The minimum absolute atomic E-state index is 0.0399. The summed E-state index contributed by atoms with van der Waals surface area (Å²) in [6, 6.07) is 5.72. The summed E-state index contributed by atoms with van der Waals surface area (Å²) in [7, 11) is 1.63. The van der Waals surface area contributed by atoms with Crippen LogP contribution in [-0.4, -0.2) is 19.6 Å². The van der Waals surface area contributed by atoms with Gasteiger partial charge in [-0.05, 0) is 52.0 Å². The van der Waals surface area contributed by atoms with Crippen molar-refractivity contribution in [2.75, 3.05) is 13.7 Å². The van der Waals surface area contributed by atoms with Gasteiger partial charge in [-0.3, -0.25) is 4.79 Å². The van der Waals surface area contributed by atoms with Crippen molar-refractivity contribution in [2.45, 2.75) is 39.5 Å². The third-order valence-electron chi connectivity index (χ3n) is 3.71. The van der Waals surface area contributed by atoms with Crippen LogP contribution in [0.3, 0.4) is 0 Å². The highest BCUT2D eigenvalue weighted by Gasteiger charge is 2.06. The van der Waals surface area contributed by atoms with Gasteiger partial charge in [-0.25, -0.2) is 0 Å². The van der Waals surface area contributed by atoms with E-state index in [1.54, 1.807) is 13.2 Å². The molecule has 1 N–H and O–H groups in total. The summed E-state index contributed by atoms with van der Waals surface area (Å²) in [6.07, 6.45) is 8.12. The minimum Gasteiger partial charge on any atom is -0.496 e. The summed E-state index contributed by atoms with van der Waals surface area (Å²) in [5.41, 5.74) is 0.959. The zero-order valence-electron chi connectivity index (χ0n) is 13.7. The number of nitrogens with one attached hydrogen (secondary N) is 1. The van der Waals surface area contributed by atoms with E-state index in [9.17, 15) is 4.79 Å². The number of carbonyl (C=O) groups is 1. The summed E-state index contributed by atoms with van der Waals surface area (Å²) in [5, 5.41) is 2.99. The first-order valence-corrected chi connectivity index (χ1v) is 8.69. The summed E-state index contributed by atoms with van der Waals surface area (Å²) in [4.78, 5) is 11.9. The number of methoxy groups -OCH3 is 1. The van der Waals surface area contributed by atoms with Crippen LogP contribution in [0.5, 0.6) is 5.75 Å². The molecule has 1 aromatic carbocycles. The molecular weight excluding hydrogens is 342 g/mol. The molecule has 0 aromatic heterocycles. The van der Waals surface area contributed by atoms with Crippen molar-refractivity contribution < 1.29 is 9.53 Å². The summed E-state index contributed by atoms with van der Waals surface area (Å²) in [5.74, 6) is 1.32. The predicted octanol–water partition coefficient (Wildman–Crippen LogP) is 4.80. The Morgan fingerprint density at radius 3 is 2.77 bits per heavy atom. The number of rotatable bonds is 9. The molecule has 22 heavy (non-hydrogen) atoms. The van der Waals surface area contributed by atoms with E-state index in [0.29, 0.717) is 5.92 Å². The maximum atomic E-state index is 11.9. The smallest absolute Gasteiger partial charge is 0.244 e. The van der Waals surface area contributed by atoms with Crippen LogP contribution in [-0.2, 0) is 4.79 Å². The Labute approximate surface area is 142 Å². The van der Waals surface area contributed by atoms with Crippen molar-refractivity contribution in [3.8, 4) is 5.75 Å². The monoisotopic (exact) mass is 367 g/mol. The lowest BCUT2D eigenvalue weighted by Gasteiger charge is -2.14. The first-order valence-electron chi connectivity index (χ1n) is 7.90. The fraction of sp³-hybridized carbons (Fsp3) is 0.500. The van der Waals surface area contributed by atoms with E-state index in [-0.39, 0.29) is 5.91 Å². The van der Waals surface area contributed by atoms with Crippen LogP contribution in [0.15, 0.2) is 28.7 Å². The highest BCUT2D eigenvalue weighted by Crippen LogP contribution is 2.25. The van der Waals surface area contributed by atoms with Crippen LogP contribution < -0.4 is 10.1 Å². The molecule has 0 bridgehead atoms. The molecule has 0 aliphatic rings. The van der Waals surface area contributed by atoms with Gasteiger partial charge in [0.15, 0.2) is 0 Å². The Hall–Kier alpha value is -1.29. The molecule has 1 rings (SSSR count). The Morgan fingerprint density at radius 2 is 2.18 bits per heavy atom. The lowest BCUT2D eigenvalue weighted by atomic mass is 9.99. The van der Waals surface area contributed by atoms with Gasteiger partial charge in [-0.15, -0.1) is 0 Å². The third kappa shape index (κ3) is 6.65. The summed E-state index contributed by atoms with van der Waals surface area (Å²) >= 11 is 3.44. The number of hydrogen-bond acceptors (Lipinski definition) is 2. The Morgan fingerprint density at radius 1 is 1.41 bits per heavy atom. The van der Waals surface area contributed by atoms with Gasteiger partial charge in [-0.2, -0.15) is 0 Å². The SMILES string of the molecule is CCCCC(CC)CNC(=O)/C=C/c1ccc(OC)c(Br)c1. The second-order valence-corrected chi connectivity index (χ2v) is 6.24. The van der Waals surface area contributed by atoms with Crippen LogP contribution in [0.1, 0.15) is 45.1 Å². The van der Waals surface area contributed by atoms with E-state index in [1.165, 1.54) is 19.3 Å². The van der Waals surface area contributed by atoms with Gasteiger partial charge < -0.3 is 10.1 Å². The Bertz CT molecular complexity index is 500. The number of hydrogen-bond donors (Lipinski definition) is 1. The molecule has 0 heterocycles. The van der Waals surface area contributed by atoms with Crippen LogP contribution in [0.25, 0.3) is 6.08 Å². The van der Waals surface area contributed by atoms with Crippen molar-refractivity contribution in [3.63, 3.8) is 0 Å². The molecule has 122 valence electrons. The van der Waals surface area contributed by atoms with Gasteiger partial charge in [0.05, 0.1) is 11.6 Å². The maximum Gasteiger partial charge on any atom is 0.244 e. The lowest BCUT2D eigenvalue weighted by molar-refractivity contribution is -0.116. The molecule has 0 radical (unpaired) electrons. The van der Waals surface area contributed by atoms with E-state index in [4.69, 9.17) is 4.74 Å². The molecule has 1 unspecified atom stereocenters. The van der Waals surface area contributed by atoms with Gasteiger partial charge >= 0.3 is 0 Å². The Kier molecular flexibility index (Phi) is 8.90. The number of ether oxygens (including phenoxy) is 1. The molecule has 0 aliphatic carbocycles.